The van der Waals surface area contributed by atoms with Crippen LogP contribution in [0, 0.1) is 0 Å². The molecule has 1 saturated heterocycles. The summed E-state index contributed by atoms with van der Waals surface area (Å²) in [4.78, 5) is 53.5. The lowest BCUT2D eigenvalue weighted by atomic mass is 9.91. The van der Waals surface area contributed by atoms with Gasteiger partial charge in [-0.15, -0.1) is 0 Å². The van der Waals surface area contributed by atoms with Crippen molar-refractivity contribution < 1.29 is 48.3 Å². The van der Waals surface area contributed by atoms with Gasteiger partial charge in [0.25, 0.3) is 5.91 Å². The first-order valence-electron chi connectivity index (χ1n) is 22.5. The van der Waals surface area contributed by atoms with E-state index in [1.807, 2.05) is 36.4 Å². The Labute approximate surface area is 372 Å². The van der Waals surface area contributed by atoms with Crippen LogP contribution in [0.2, 0.25) is 0 Å². The van der Waals surface area contributed by atoms with Gasteiger partial charge in [-0.05, 0) is 93.5 Å². The summed E-state index contributed by atoms with van der Waals surface area (Å²) in [6.45, 7) is 9.38. The van der Waals surface area contributed by atoms with Crippen molar-refractivity contribution in [2.45, 2.75) is 154 Å². The number of phenolic OH excluding ortho intramolecular Hbond substituents is 1. The van der Waals surface area contributed by atoms with Gasteiger partial charge in [0.1, 0.15) is 29.7 Å². The van der Waals surface area contributed by atoms with Gasteiger partial charge in [-0.1, -0.05) is 100 Å². The van der Waals surface area contributed by atoms with Crippen molar-refractivity contribution >= 4 is 29.8 Å². The van der Waals surface area contributed by atoms with E-state index >= 15 is 0 Å². The highest BCUT2D eigenvalue weighted by Gasteiger charge is 2.52. The maximum Gasteiger partial charge on any atom is 0.339 e. The number of para-hydroxylation sites is 1. The first-order valence-corrected chi connectivity index (χ1v) is 22.5. The molecule has 0 radical (unpaired) electrons. The summed E-state index contributed by atoms with van der Waals surface area (Å²) in [6.07, 6.45) is 11.6. The number of carbonyl (C=O) groups is 4. The summed E-state index contributed by atoms with van der Waals surface area (Å²) in [7, 11) is 0. The van der Waals surface area contributed by atoms with Gasteiger partial charge in [0, 0.05) is 43.4 Å². The number of fused-ring (bicyclic) bond motifs is 1. The zero-order valence-electron chi connectivity index (χ0n) is 37.5. The Morgan fingerprint density at radius 3 is 2.32 bits per heavy atom. The number of ether oxygens (including phenoxy) is 4. The van der Waals surface area contributed by atoms with Crippen LogP contribution in [0.1, 0.15) is 143 Å². The molecule has 0 spiro atoms. The quantitative estimate of drug-likeness (QED) is 0.0566. The average molecular weight is 867 g/mol. The van der Waals surface area contributed by atoms with Gasteiger partial charge >= 0.3 is 11.9 Å². The highest BCUT2D eigenvalue weighted by molar-refractivity contribution is 5.96. The van der Waals surface area contributed by atoms with Crippen molar-refractivity contribution in [2.24, 2.45) is 0 Å². The molecular formula is C51H66N2O10. The third-order valence-electron chi connectivity index (χ3n) is 11.2. The molecule has 0 saturated carbocycles. The summed E-state index contributed by atoms with van der Waals surface area (Å²) in [5.74, 6) is -2.43. The molecule has 12 nitrogen and oxygen atoms in total. The van der Waals surface area contributed by atoms with Crippen molar-refractivity contribution in [1.82, 2.24) is 10.6 Å². The van der Waals surface area contributed by atoms with Gasteiger partial charge in [-0.2, -0.15) is 0 Å². The van der Waals surface area contributed by atoms with E-state index in [4.69, 9.17) is 18.9 Å². The summed E-state index contributed by atoms with van der Waals surface area (Å²) in [6, 6.07) is 20.4. The van der Waals surface area contributed by atoms with Crippen LogP contribution in [0.15, 0.2) is 90.5 Å². The molecule has 340 valence electrons. The molecule has 0 aromatic heterocycles. The fourth-order valence-electron chi connectivity index (χ4n) is 7.91. The van der Waals surface area contributed by atoms with E-state index in [1.165, 1.54) is 0 Å². The van der Waals surface area contributed by atoms with E-state index in [0.29, 0.717) is 47.1 Å². The minimum Gasteiger partial charge on any atom is -0.508 e. The molecule has 1 aliphatic carbocycles. The average Bonchev–Trinajstić information content (AvgIpc) is 3.63. The molecule has 2 aliphatic rings. The summed E-state index contributed by atoms with van der Waals surface area (Å²) >= 11 is 0. The largest absolute Gasteiger partial charge is 0.508 e. The summed E-state index contributed by atoms with van der Waals surface area (Å²) in [5.41, 5.74) is 2.53. The molecule has 3 aromatic carbocycles. The number of esters is 2. The molecule has 4 unspecified atom stereocenters. The van der Waals surface area contributed by atoms with E-state index in [2.05, 4.69) is 24.5 Å². The SMILES string of the molecule is CCCCCC1(CCCCC)OC2C=C(C(=O)NCc3cccc(C(=O)NC(CO)CCC(=O)OC(C)(C)C)c3)CC(OC(=O)c3ccccc3C=CCc3ccccc3O)C2O1. The minimum absolute atomic E-state index is 0.0365. The Morgan fingerprint density at radius 2 is 1.62 bits per heavy atom. The van der Waals surface area contributed by atoms with Crippen LogP contribution in [0.4, 0.5) is 0 Å². The van der Waals surface area contributed by atoms with Gasteiger partial charge in [-0.25, -0.2) is 4.79 Å². The van der Waals surface area contributed by atoms with Crippen molar-refractivity contribution in [3.63, 3.8) is 0 Å². The Kier molecular flexibility index (Phi) is 18.1. The first-order chi connectivity index (χ1) is 30.2. The molecule has 3 aromatic rings. The molecule has 1 fully saturated rings. The van der Waals surface area contributed by atoms with Crippen LogP contribution in [0.25, 0.3) is 6.08 Å². The number of hydrogen-bond donors (Lipinski definition) is 4. The predicted molar refractivity (Wildman–Crippen MR) is 242 cm³/mol. The number of rotatable bonds is 22. The van der Waals surface area contributed by atoms with Gasteiger partial charge in [0.2, 0.25) is 5.91 Å². The number of aliphatic hydroxyl groups is 1. The number of carbonyl (C=O) groups excluding carboxylic acids is 4. The Hall–Kier alpha value is -5.30. The lowest BCUT2D eigenvalue weighted by Crippen LogP contribution is -2.43. The van der Waals surface area contributed by atoms with Crippen LogP contribution in [0.5, 0.6) is 5.75 Å². The number of hydrogen-bond acceptors (Lipinski definition) is 10. The highest BCUT2D eigenvalue weighted by Crippen LogP contribution is 2.43. The molecule has 5 rings (SSSR count). The number of aromatic hydroxyl groups is 1. The number of unbranched alkanes of at least 4 members (excludes halogenated alkanes) is 4. The topological polar surface area (TPSA) is 170 Å². The Bertz CT molecular complexity index is 2060. The van der Waals surface area contributed by atoms with E-state index < -0.39 is 53.6 Å². The van der Waals surface area contributed by atoms with Crippen molar-refractivity contribution in [3.8, 4) is 5.75 Å². The molecule has 4 N–H and O–H groups in total. The fraction of sp³-hybridized carbons (Fsp3) is 0.490. The van der Waals surface area contributed by atoms with E-state index in [1.54, 1.807) is 75.4 Å². The maximum absolute atomic E-state index is 14.1. The second kappa shape index (κ2) is 23.4. The lowest BCUT2D eigenvalue weighted by Gasteiger charge is -2.31. The Balaban J connectivity index is 1.31. The molecule has 63 heavy (non-hydrogen) atoms. The standard InChI is InChI=1S/C51H66N2O10/c1-6-8-14-28-51(29-15-9-7-2)61-44-32-39(47(57)52-33-35-18-16-23-38(30-35)48(58)53-40(34-54)26-27-45(56)62-50(3,4)5)31-43(46(44)63-51)60-49(59)41-24-12-10-19-36(41)21-17-22-37-20-11-13-25-42(37)55/h10-13,16-21,23-25,30,32,40,43-44,46,54-55H,6-9,14-15,22,26-29,31,33-34H2,1-5H3,(H,52,57)(H,53,58). The number of allylic oxidation sites excluding steroid dienone is 1. The second-order valence-corrected chi connectivity index (χ2v) is 17.5. The van der Waals surface area contributed by atoms with E-state index in [0.717, 1.165) is 44.1 Å². The summed E-state index contributed by atoms with van der Waals surface area (Å²) < 4.78 is 25.3. The molecular weight excluding hydrogens is 801 g/mol. The van der Waals surface area contributed by atoms with Crippen LogP contribution in [0.3, 0.4) is 0 Å². The number of nitrogens with one attached hydrogen (secondary N) is 2. The van der Waals surface area contributed by atoms with Gasteiger partial charge in [0.05, 0.1) is 18.2 Å². The van der Waals surface area contributed by atoms with Crippen molar-refractivity contribution in [1.29, 1.82) is 0 Å². The van der Waals surface area contributed by atoms with Crippen LogP contribution >= 0.6 is 0 Å². The molecule has 0 bridgehead atoms. The normalized spacial score (nSPS) is 18.6. The number of amides is 2. The molecule has 1 aliphatic heterocycles. The summed E-state index contributed by atoms with van der Waals surface area (Å²) in [5, 5.41) is 25.9. The second-order valence-electron chi connectivity index (χ2n) is 17.5. The molecule has 12 heteroatoms. The number of benzene rings is 3. The third kappa shape index (κ3) is 14.6. The smallest absolute Gasteiger partial charge is 0.339 e. The van der Waals surface area contributed by atoms with E-state index in [-0.39, 0.29) is 44.1 Å². The minimum atomic E-state index is -0.873. The fourth-order valence-corrected chi connectivity index (χ4v) is 7.91. The first kappa shape index (κ1) is 48.7. The van der Waals surface area contributed by atoms with Crippen LogP contribution in [-0.4, -0.2) is 76.3 Å². The molecule has 2 amide bonds. The third-order valence-corrected chi connectivity index (χ3v) is 11.2. The zero-order chi connectivity index (χ0) is 45.4. The van der Waals surface area contributed by atoms with Crippen molar-refractivity contribution in [2.75, 3.05) is 6.61 Å². The van der Waals surface area contributed by atoms with Crippen LogP contribution < -0.4 is 10.6 Å². The lowest BCUT2D eigenvalue weighted by molar-refractivity contribution is -0.190. The number of aliphatic hydroxyl groups excluding tert-OH is 1. The van der Waals surface area contributed by atoms with Gasteiger partial charge < -0.3 is 39.8 Å². The van der Waals surface area contributed by atoms with Gasteiger partial charge in [-0.3, -0.25) is 14.4 Å². The maximum atomic E-state index is 14.1. The van der Waals surface area contributed by atoms with Gasteiger partial charge in [0.15, 0.2) is 5.79 Å². The number of phenols is 1. The monoisotopic (exact) mass is 866 g/mol. The Morgan fingerprint density at radius 1 is 0.905 bits per heavy atom. The highest BCUT2D eigenvalue weighted by atomic mass is 16.8. The van der Waals surface area contributed by atoms with E-state index in [9.17, 15) is 29.4 Å². The zero-order valence-corrected chi connectivity index (χ0v) is 37.5. The molecule has 1 heterocycles. The predicted octanol–water partition coefficient (Wildman–Crippen LogP) is 8.67. The van der Waals surface area contributed by atoms with Crippen molar-refractivity contribution in [3.05, 3.63) is 118 Å². The molecule has 4 atom stereocenters. The van der Waals surface area contributed by atoms with Crippen LogP contribution in [-0.2, 0) is 41.5 Å².